The number of pyridine rings is 1. The van der Waals surface area contributed by atoms with Gasteiger partial charge in [0.15, 0.2) is 0 Å². The molecule has 0 aliphatic carbocycles. The minimum absolute atomic E-state index is 0.0960. The van der Waals surface area contributed by atoms with Gasteiger partial charge in [-0.15, -0.1) is 0 Å². The number of hydrogen-bond acceptors (Lipinski definition) is 5. The Bertz CT molecular complexity index is 819. The van der Waals surface area contributed by atoms with Crippen LogP contribution in [-0.2, 0) is 11.3 Å². The first kappa shape index (κ1) is 16.8. The lowest BCUT2D eigenvalue weighted by atomic mass is 9.78. The summed E-state index contributed by atoms with van der Waals surface area (Å²) >= 11 is 0. The molecule has 0 bridgehead atoms. The number of carbonyl (C=O) groups is 2. The Balaban J connectivity index is 1.49. The van der Waals surface area contributed by atoms with E-state index in [0.717, 1.165) is 31.4 Å². The molecule has 2 aliphatic rings. The van der Waals surface area contributed by atoms with Crippen LogP contribution >= 0.6 is 0 Å². The maximum Gasteiger partial charge on any atom is 0.259 e. The van der Waals surface area contributed by atoms with Crippen LogP contribution in [0.25, 0.3) is 0 Å². The third kappa shape index (κ3) is 2.87. The van der Waals surface area contributed by atoms with Gasteiger partial charge in [0.05, 0.1) is 11.1 Å². The Morgan fingerprint density at radius 3 is 2.96 bits per heavy atom. The highest BCUT2D eigenvalue weighted by atomic mass is 16.5. The van der Waals surface area contributed by atoms with Crippen molar-refractivity contribution < 1.29 is 14.1 Å². The van der Waals surface area contributed by atoms with Crippen LogP contribution in [0.4, 0.5) is 0 Å². The molecule has 4 heterocycles. The molecular formula is C19H22N4O3. The van der Waals surface area contributed by atoms with E-state index in [2.05, 4.69) is 10.1 Å². The van der Waals surface area contributed by atoms with Crippen molar-refractivity contribution in [2.75, 3.05) is 19.6 Å². The molecule has 7 heteroatoms. The lowest BCUT2D eigenvalue weighted by Crippen LogP contribution is -2.49. The number of amides is 2. The van der Waals surface area contributed by atoms with E-state index in [4.69, 9.17) is 4.52 Å². The van der Waals surface area contributed by atoms with E-state index in [1.54, 1.807) is 24.2 Å². The number of hydrogen-bond donors (Lipinski definition) is 0. The van der Waals surface area contributed by atoms with E-state index < -0.39 is 5.41 Å². The highest BCUT2D eigenvalue weighted by Crippen LogP contribution is 2.41. The number of likely N-dealkylation sites (tertiary alicyclic amines) is 2. The summed E-state index contributed by atoms with van der Waals surface area (Å²) in [6.07, 6.45) is 7.38. The first-order chi connectivity index (χ1) is 12.6. The number of rotatable bonds is 3. The third-order valence-corrected chi connectivity index (χ3v) is 5.54. The average Bonchev–Trinajstić information content (AvgIpc) is 3.21. The largest absolute Gasteiger partial charge is 0.364 e. The molecule has 2 saturated heterocycles. The zero-order valence-corrected chi connectivity index (χ0v) is 14.9. The average molecular weight is 354 g/mol. The molecule has 26 heavy (non-hydrogen) atoms. The number of nitrogens with zero attached hydrogens (tertiary/aromatic N) is 4. The second-order valence-corrected chi connectivity index (χ2v) is 7.26. The van der Waals surface area contributed by atoms with E-state index in [1.807, 2.05) is 17.0 Å². The summed E-state index contributed by atoms with van der Waals surface area (Å²) in [7, 11) is 0. The summed E-state index contributed by atoms with van der Waals surface area (Å²) in [5, 5.41) is 3.79. The summed E-state index contributed by atoms with van der Waals surface area (Å²) in [4.78, 5) is 33.7. The Kier molecular flexibility index (Phi) is 4.22. The molecule has 0 N–H and O–H groups in total. The molecule has 1 atom stereocenters. The van der Waals surface area contributed by atoms with Crippen molar-refractivity contribution in [1.82, 2.24) is 19.9 Å². The van der Waals surface area contributed by atoms with Crippen molar-refractivity contribution >= 4 is 11.8 Å². The molecule has 2 aromatic rings. The number of piperidine rings is 1. The topological polar surface area (TPSA) is 79.5 Å². The molecule has 2 fully saturated rings. The summed E-state index contributed by atoms with van der Waals surface area (Å²) < 4.78 is 4.90. The smallest absolute Gasteiger partial charge is 0.259 e. The molecule has 2 amide bonds. The van der Waals surface area contributed by atoms with Crippen LogP contribution in [-0.4, -0.2) is 51.4 Å². The monoisotopic (exact) mass is 354 g/mol. The Labute approximate surface area is 152 Å². The lowest BCUT2D eigenvalue weighted by Gasteiger charge is -2.39. The Hall–Kier alpha value is -2.70. The molecule has 0 radical (unpaired) electrons. The van der Waals surface area contributed by atoms with Crippen LogP contribution < -0.4 is 0 Å². The summed E-state index contributed by atoms with van der Waals surface area (Å²) in [5.41, 5.74) is 1.65. The van der Waals surface area contributed by atoms with Crippen LogP contribution in [0.15, 0.2) is 35.3 Å². The fourth-order valence-electron chi connectivity index (χ4n) is 4.11. The SMILES string of the molecule is Cc1nocc1C(=O)N1CCC[C@@]2(CCN(Cc3cccnc3)C2=O)C1. The van der Waals surface area contributed by atoms with E-state index in [1.165, 1.54) is 6.26 Å². The zero-order chi connectivity index (χ0) is 18.1. The first-order valence-corrected chi connectivity index (χ1v) is 8.98. The van der Waals surface area contributed by atoms with Gasteiger partial charge < -0.3 is 14.3 Å². The van der Waals surface area contributed by atoms with Crippen LogP contribution in [0.5, 0.6) is 0 Å². The number of aryl methyl sites for hydroxylation is 1. The summed E-state index contributed by atoms with van der Waals surface area (Å²) in [5.74, 6) is 0.0576. The van der Waals surface area contributed by atoms with Crippen LogP contribution in [0, 0.1) is 12.3 Å². The van der Waals surface area contributed by atoms with Crippen LogP contribution in [0.1, 0.15) is 40.9 Å². The number of carbonyl (C=O) groups excluding carboxylic acids is 2. The molecular weight excluding hydrogens is 332 g/mol. The Morgan fingerprint density at radius 2 is 2.23 bits per heavy atom. The van der Waals surface area contributed by atoms with Gasteiger partial charge in [-0.25, -0.2) is 0 Å². The Morgan fingerprint density at radius 1 is 1.35 bits per heavy atom. The maximum absolute atomic E-state index is 13.1. The molecule has 2 aromatic heterocycles. The quantitative estimate of drug-likeness (QED) is 0.843. The van der Waals surface area contributed by atoms with Gasteiger partial charge in [-0.05, 0) is 37.8 Å². The van der Waals surface area contributed by atoms with Crippen molar-refractivity contribution in [1.29, 1.82) is 0 Å². The lowest BCUT2D eigenvalue weighted by molar-refractivity contribution is -0.138. The van der Waals surface area contributed by atoms with Gasteiger partial charge in [-0.2, -0.15) is 0 Å². The minimum Gasteiger partial charge on any atom is -0.364 e. The third-order valence-electron chi connectivity index (χ3n) is 5.54. The van der Waals surface area contributed by atoms with Crippen molar-refractivity contribution in [3.05, 3.63) is 47.6 Å². The van der Waals surface area contributed by atoms with Gasteiger partial charge in [-0.1, -0.05) is 11.2 Å². The summed E-state index contributed by atoms with van der Waals surface area (Å²) in [6.45, 7) is 4.20. The van der Waals surface area contributed by atoms with E-state index in [9.17, 15) is 9.59 Å². The van der Waals surface area contributed by atoms with E-state index in [0.29, 0.717) is 30.9 Å². The van der Waals surface area contributed by atoms with Crippen molar-refractivity contribution in [3.63, 3.8) is 0 Å². The van der Waals surface area contributed by atoms with Gasteiger partial charge in [0.1, 0.15) is 11.8 Å². The molecule has 136 valence electrons. The standard InChI is InChI=1S/C19H22N4O3/c1-14-16(12-26-21-14)17(24)23-8-3-5-19(13-23)6-9-22(18(19)25)11-15-4-2-7-20-10-15/h2,4,7,10,12H,3,5-6,8-9,11,13H2,1H3/t19-/m1/s1. The van der Waals surface area contributed by atoms with Gasteiger partial charge in [0.2, 0.25) is 5.91 Å². The maximum atomic E-state index is 13.1. The molecule has 0 saturated carbocycles. The molecule has 2 aliphatic heterocycles. The van der Waals surface area contributed by atoms with Crippen molar-refractivity contribution in [3.8, 4) is 0 Å². The van der Waals surface area contributed by atoms with Gasteiger partial charge >= 0.3 is 0 Å². The fourth-order valence-corrected chi connectivity index (χ4v) is 4.11. The molecule has 4 rings (SSSR count). The van der Waals surface area contributed by atoms with Gasteiger partial charge in [-0.3, -0.25) is 14.6 Å². The molecule has 1 spiro atoms. The second kappa shape index (κ2) is 6.55. The molecule has 7 nitrogen and oxygen atoms in total. The predicted molar refractivity (Wildman–Crippen MR) is 93.1 cm³/mol. The zero-order valence-electron chi connectivity index (χ0n) is 14.9. The normalized spacial score (nSPS) is 23.0. The van der Waals surface area contributed by atoms with Gasteiger partial charge in [0, 0.05) is 38.6 Å². The number of aromatic nitrogens is 2. The van der Waals surface area contributed by atoms with Crippen molar-refractivity contribution in [2.45, 2.75) is 32.7 Å². The second-order valence-electron chi connectivity index (χ2n) is 7.26. The predicted octanol–water partition coefficient (Wildman–Crippen LogP) is 2.03. The molecule has 0 aromatic carbocycles. The highest BCUT2D eigenvalue weighted by molar-refractivity contribution is 5.95. The van der Waals surface area contributed by atoms with Crippen LogP contribution in [0.3, 0.4) is 0 Å². The van der Waals surface area contributed by atoms with Gasteiger partial charge in [0.25, 0.3) is 5.91 Å². The van der Waals surface area contributed by atoms with Crippen molar-refractivity contribution in [2.24, 2.45) is 5.41 Å². The summed E-state index contributed by atoms with van der Waals surface area (Å²) in [6, 6.07) is 3.87. The minimum atomic E-state index is -0.457. The first-order valence-electron chi connectivity index (χ1n) is 8.98. The van der Waals surface area contributed by atoms with E-state index >= 15 is 0 Å². The highest BCUT2D eigenvalue weighted by Gasteiger charge is 2.49. The molecule has 0 unspecified atom stereocenters. The van der Waals surface area contributed by atoms with Crippen LogP contribution in [0.2, 0.25) is 0 Å². The van der Waals surface area contributed by atoms with E-state index in [-0.39, 0.29) is 11.8 Å². The fraction of sp³-hybridized carbons (Fsp3) is 0.474.